The molecule has 1 aliphatic carbocycles. The summed E-state index contributed by atoms with van der Waals surface area (Å²) in [7, 11) is 5.48. The van der Waals surface area contributed by atoms with Gasteiger partial charge in [0, 0.05) is 33.0 Å². The molecule has 1 aromatic carbocycles. The van der Waals surface area contributed by atoms with Gasteiger partial charge in [0.2, 0.25) is 5.71 Å². The van der Waals surface area contributed by atoms with E-state index in [1.165, 1.54) is 21.9 Å². The number of hydrogen-bond donors (Lipinski definition) is 0. The van der Waals surface area contributed by atoms with Crippen molar-refractivity contribution in [3.63, 3.8) is 0 Å². The van der Waals surface area contributed by atoms with Crippen LogP contribution in [0.15, 0.2) is 16.6 Å². The Balaban J connectivity index is 2.19. The van der Waals surface area contributed by atoms with Crippen LogP contribution >= 0.6 is 15.9 Å². The number of ether oxygens (including phenoxy) is 1. The summed E-state index contributed by atoms with van der Waals surface area (Å²) in [6.45, 7) is 6.43. The lowest BCUT2D eigenvalue weighted by Gasteiger charge is -2.12. The lowest BCUT2D eigenvalue weighted by molar-refractivity contribution is -0.521. The first-order chi connectivity index (χ1) is 11.9. The van der Waals surface area contributed by atoms with Crippen molar-refractivity contribution in [1.82, 2.24) is 9.47 Å². The second-order valence-electron chi connectivity index (χ2n) is 6.54. The van der Waals surface area contributed by atoms with E-state index in [0.717, 1.165) is 41.3 Å². The molecule has 0 atom stereocenters. The predicted octanol–water partition coefficient (Wildman–Crippen LogP) is 3.79. The molecule has 0 unspecified atom stereocenters. The third-order valence-electron chi connectivity index (χ3n) is 4.96. The highest BCUT2D eigenvalue weighted by molar-refractivity contribution is 9.10. The van der Waals surface area contributed by atoms with Gasteiger partial charge in [-0.2, -0.15) is 0 Å². The number of hydrogen-bond acceptors (Lipinski definition) is 2. The molecule has 1 heterocycles. The second-order valence-corrected chi connectivity index (χ2v) is 7.33. The van der Waals surface area contributed by atoms with Crippen LogP contribution in [0.3, 0.4) is 0 Å². The van der Waals surface area contributed by atoms with E-state index in [1.807, 2.05) is 12.1 Å². The molecule has 1 aromatic heterocycles. The van der Waals surface area contributed by atoms with Crippen molar-refractivity contribution < 1.29 is 14.1 Å². The normalized spacial score (nSPS) is 13.3. The number of carbonyl (C=O) groups is 1. The van der Waals surface area contributed by atoms with Crippen molar-refractivity contribution >= 4 is 38.6 Å². The molecule has 0 fully saturated rings. The SMILES string of the molecule is CC[N+](CC)=C1CCc2c1n(C)c1ccc(OC(=O)N(C)C)c(Br)c21. The number of halogens is 1. The summed E-state index contributed by atoms with van der Waals surface area (Å²) < 4.78 is 11.1. The lowest BCUT2D eigenvalue weighted by atomic mass is 10.1. The van der Waals surface area contributed by atoms with Crippen LogP contribution in [0.5, 0.6) is 5.75 Å². The van der Waals surface area contributed by atoms with E-state index in [-0.39, 0.29) is 6.09 Å². The van der Waals surface area contributed by atoms with Gasteiger partial charge in [0.25, 0.3) is 0 Å². The fraction of sp³-hybridized carbons (Fsp3) is 0.474. The molecule has 0 saturated carbocycles. The van der Waals surface area contributed by atoms with Crippen LogP contribution in [-0.4, -0.2) is 53.0 Å². The first kappa shape index (κ1) is 18.0. The molecule has 0 bridgehead atoms. The van der Waals surface area contributed by atoms with Gasteiger partial charge in [-0.25, -0.2) is 9.37 Å². The van der Waals surface area contributed by atoms with Crippen LogP contribution in [0.1, 0.15) is 31.5 Å². The standard InChI is InChI=1S/C19H25BrN3O2/c1-6-23(7-2)14-9-8-12-16-13(22(5)18(12)14)10-11-15(17(16)20)25-19(24)21(3)4/h10-11H,6-9H2,1-5H3/q+1. The summed E-state index contributed by atoms with van der Waals surface area (Å²) in [5.74, 6) is 0.566. The Kier molecular flexibility index (Phi) is 4.91. The van der Waals surface area contributed by atoms with E-state index in [1.54, 1.807) is 14.1 Å². The number of carbonyl (C=O) groups excluding carboxylic acids is 1. The molecule has 1 amide bonds. The molecule has 5 nitrogen and oxygen atoms in total. The average molecular weight is 407 g/mol. The topological polar surface area (TPSA) is 37.5 Å². The zero-order valence-corrected chi connectivity index (χ0v) is 17.1. The Morgan fingerprint density at radius 2 is 1.96 bits per heavy atom. The van der Waals surface area contributed by atoms with Crippen LogP contribution < -0.4 is 4.74 Å². The van der Waals surface area contributed by atoms with Crippen molar-refractivity contribution in [3.8, 4) is 5.75 Å². The van der Waals surface area contributed by atoms with Crippen molar-refractivity contribution in [2.75, 3.05) is 27.2 Å². The van der Waals surface area contributed by atoms with Gasteiger partial charge in [-0.15, -0.1) is 0 Å². The van der Waals surface area contributed by atoms with E-state index >= 15 is 0 Å². The Hall–Kier alpha value is -1.82. The first-order valence-electron chi connectivity index (χ1n) is 8.70. The van der Waals surface area contributed by atoms with E-state index < -0.39 is 0 Å². The Bertz CT molecular complexity index is 875. The molecule has 2 aromatic rings. The summed E-state index contributed by atoms with van der Waals surface area (Å²) in [5, 5.41) is 1.16. The molecule has 0 saturated heterocycles. The number of aryl methyl sites for hydroxylation is 2. The van der Waals surface area contributed by atoms with Gasteiger partial charge in [0.1, 0.15) is 24.5 Å². The zero-order valence-electron chi connectivity index (χ0n) is 15.5. The number of amides is 1. The van der Waals surface area contributed by atoms with Crippen LogP contribution in [-0.2, 0) is 13.5 Å². The van der Waals surface area contributed by atoms with Crippen LogP contribution in [0.4, 0.5) is 4.79 Å². The molecule has 25 heavy (non-hydrogen) atoms. The van der Waals surface area contributed by atoms with E-state index in [9.17, 15) is 4.79 Å². The van der Waals surface area contributed by atoms with Crippen molar-refractivity contribution in [1.29, 1.82) is 0 Å². The molecule has 6 heteroatoms. The average Bonchev–Trinajstić information content (AvgIpc) is 3.12. The van der Waals surface area contributed by atoms with Gasteiger partial charge < -0.3 is 14.2 Å². The maximum absolute atomic E-state index is 11.9. The Labute approximate surface area is 157 Å². The minimum absolute atomic E-state index is 0.372. The number of benzene rings is 1. The molecular weight excluding hydrogens is 382 g/mol. The molecule has 0 aliphatic heterocycles. The van der Waals surface area contributed by atoms with Gasteiger partial charge in [0.15, 0.2) is 0 Å². The summed E-state index contributed by atoms with van der Waals surface area (Å²) in [4.78, 5) is 13.4. The number of aromatic nitrogens is 1. The van der Waals surface area contributed by atoms with Crippen LogP contribution in [0.2, 0.25) is 0 Å². The maximum atomic E-state index is 11.9. The molecule has 134 valence electrons. The van der Waals surface area contributed by atoms with Gasteiger partial charge in [0.05, 0.1) is 9.99 Å². The minimum Gasteiger partial charge on any atom is -0.409 e. The highest BCUT2D eigenvalue weighted by atomic mass is 79.9. The maximum Gasteiger partial charge on any atom is 0.414 e. The highest BCUT2D eigenvalue weighted by Crippen LogP contribution is 2.41. The summed E-state index contributed by atoms with van der Waals surface area (Å²) in [6, 6.07) is 3.90. The smallest absolute Gasteiger partial charge is 0.409 e. The Morgan fingerprint density at radius 1 is 1.28 bits per heavy atom. The number of fused-ring (bicyclic) bond motifs is 3. The molecule has 3 rings (SSSR count). The van der Waals surface area contributed by atoms with Crippen molar-refractivity contribution in [3.05, 3.63) is 27.9 Å². The zero-order chi connectivity index (χ0) is 18.3. The van der Waals surface area contributed by atoms with E-state index in [0.29, 0.717) is 5.75 Å². The van der Waals surface area contributed by atoms with Crippen molar-refractivity contribution in [2.45, 2.75) is 26.7 Å². The number of nitrogens with zero attached hydrogens (tertiary/aromatic N) is 3. The van der Waals surface area contributed by atoms with Gasteiger partial charge in [-0.3, -0.25) is 0 Å². The molecule has 0 N–H and O–H groups in total. The van der Waals surface area contributed by atoms with E-state index in [4.69, 9.17) is 4.74 Å². The van der Waals surface area contributed by atoms with Crippen molar-refractivity contribution in [2.24, 2.45) is 7.05 Å². The summed E-state index contributed by atoms with van der Waals surface area (Å²) >= 11 is 3.69. The highest BCUT2D eigenvalue weighted by Gasteiger charge is 2.32. The third-order valence-corrected chi connectivity index (χ3v) is 5.75. The Morgan fingerprint density at radius 3 is 2.56 bits per heavy atom. The minimum atomic E-state index is -0.372. The predicted molar refractivity (Wildman–Crippen MR) is 104 cm³/mol. The van der Waals surface area contributed by atoms with E-state index in [2.05, 4.69) is 46.0 Å². The first-order valence-corrected chi connectivity index (χ1v) is 9.49. The van der Waals surface area contributed by atoms with Gasteiger partial charge in [-0.1, -0.05) is 0 Å². The second kappa shape index (κ2) is 6.83. The molecule has 0 radical (unpaired) electrons. The lowest BCUT2D eigenvalue weighted by Crippen LogP contribution is -2.25. The monoisotopic (exact) mass is 406 g/mol. The molecule has 0 spiro atoms. The summed E-state index contributed by atoms with van der Waals surface area (Å²) in [6.07, 6.45) is 1.70. The largest absolute Gasteiger partial charge is 0.414 e. The van der Waals surface area contributed by atoms with Crippen LogP contribution in [0, 0.1) is 0 Å². The fourth-order valence-corrected chi connectivity index (χ4v) is 4.36. The summed E-state index contributed by atoms with van der Waals surface area (Å²) in [5.41, 5.74) is 5.23. The number of rotatable bonds is 3. The van der Waals surface area contributed by atoms with Gasteiger partial charge >= 0.3 is 6.09 Å². The molecule has 1 aliphatic rings. The quantitative estimate of drug-likeness (QED) is 0.727. The molecular formula is C19H25BrN3O2+. The third kappa shape index (κ3) is 2.86. The van der Waals surface area contributed by atoms with Crippen LogP contribution in [0.25, 0.3) is 10.9 Å². The van der Waals surface area contributed by atoms with Gasteiger partial charge in [-0.05, 0) is 53.9 Å². The fourth-order valence-electron chi connectivity index (χ4n) is 3.70.